The highest BCUT2D eigenvalue weighted by molar-refractivity contribution is 7.89. The smallest absolute Gasteiger partial charge is 0.271 e. The Labute approximate surface area is 158 Å². The van der Waals surface area contributed by atoms with E-state index in [4.69, 9.17) is 0 Å². The van der Waals surface area contributed by atoms with Crippen LogP contribution in [0, 0.1) is 10.1 Å². The van der Waals surface area contributed by atoms with E-state index in [1.807, 2.05) is 37.3 Å². The van der Waals surface area contributed by atoms with Crippen molar-refractivity contribution in [2.75, 3.05) is 11.4 Å². The summed E-state index contributed by atoms with van der Waals surface area (Å²) in [5, 5.41) is 11.3. The van der Waals surface area contributed by atoms with Gasteiger partial charge in [0.15, 0.2) is 0 Å². The number of fused-ring (bicyclic) bond motifs is 1. The van der Waals surface area contributed by atoms with Gasteiger partial charge in [0.25, 0.3) is 5.69 Å². The molecule has 1 atom stereocenters. The van der Waals surface area contributed by atoms with Crippen LogP contribution in [0.2, 0.25) is 0 Å². The Morgan fingerprint density at radius 1 is 1.26 bits per heavy atom. The number of allylic oxidation sites excluding steroid dienone is 4. The molecule has 0 bridgehead atoms. The predicted octanol–water partition coefficient (Wildman–Crippen LogP) is 3.43. The number of rotatable bonds is 7. The second-order valence-corrected chi connectivity index (χ2v) is 8.00. The minimum absolute atomic E-state index is 0.0260. The number of nitrogens with zero attached hydrogens (tertiary/aromatic N) is 2. The third-order valence-electron chi connectivity index (χ3n) is 4.41. The van der Waals surface area contributed by atoms with E-state index in [1.54, 1.807) is 17.2 Å². The molecule has 1 aliphatic heterocycles. The van der Waals surface area contributed by atoms with Crippen molar-refractivity contribution in [2.24, 2.45) is 0 Å². The van der Waals surface area contributed by atoms with Crippen LogP contribution in [0.25, 0.3) is 0 Å². The summed E-state index contributed by atoms with van der Waals surface area (Å²) in [4.78, 5) is 12.5. The van der Waals surface area contributed by atoms with Crippen molar-refractivity contribution in [3.8, 4) is 0 Å². The monoisotopic (exact) mass is 387 g/mol. The van der Waals surface area contributed by atoms with Crippen LogP contribution in [0.1, 0.15) is 19.8 Å². The van der Waals surface area contributed by atoms with Crippen LogP contribution in [0.15, 0.2) is 71.3 Å². The van der Waals surface area contributed by atoms with Crippen molar-refractivity contribution in [2.45, 2.75) is 30.7 Å². The maximum Gasteiger partial charge on any atom is 0.271 e. The molecule has 1 heterocycles. The van der Waals surface area contributed by atoms with Crippen molar-refractivity contribution in [1.29, 1.82) is 0 Å². The zero-order chi connectivity index (χ0) is 19.4. The molecule has 2 aliphatic rings. The van der Waals surface area contributed by atoms with Crippen LogP contribution >= 0.6 is 0 Å². The van der Waals surface area contributed by atoms with E-state index in [9.17, 15) is 18.5 Å². The van der Waals surface area contributed by atoms with Gasteiger partial charge < -0.3 is 4.90 Å². The lowest BCUT2D eigenvalue weighted by molar-refractivity contribution is -0.384. The van der Waals surface area contributed by atoms with Crippen LogP contribution in [0.3, 0.4) is 0 Å². The lowest BCUT2D eigenvalue weighted by atomic mass is 9.97. The Kier molecular flexibility index (Phi) is 5.57. The molecule has 3 rings (SSSR count). The minimum Gasteiger partial charge on any atom is -0.336 e. The molecule has 7 nitrogen and oxygen atoms in total. The first kappa shape index (κ1) is 19.1. The van der Waals surface area contributed by atoms with Gasteiger partial charge in [-0.2, -0.15) is 0 Å². The Morgan fingerprint density at radius 2 is 2.07 bits per heavy atom. The summed E-state index contributed by atoms with van der Waals surface area (Å²) < 4.78 is 28.2. The number of nitro benzene ring substituents is 1. The normalized spacial score (nSPS) is 18.3. The Balaban J connectivity index is 2.07. The molecule has 1 aromatic carbocycles. The van der Waals surface area contributed by atoms with E-state index in [0.29, 0.717) is 13.0 Å². The largest absolute Gasteiger partial charge is 0.336 e. The van der Waals surface area contributed by atoms with E-state index >= 15 is 0 Å². The number of unbranched alkanes of at least 4 members (excludes halogenated alkanes) is 1. The lowest BCUT2D eigenvalue weighted by Crippen LogP contribution is -2.35. The number of benzene rings is 1. The summed E-state index contributed by atoms with van der Waals surface area (Å²) in [5.74, 6) is 0. The first-order chi connectivity index (χ1) is 12.9. The molecular formula is C19H21N3O4S. The topological polar surface area (TPSA) is 92.5 Å². The molecular weight excluding hydrogens is 366 g/mol. The zero-order valence-corrected chi connectivity index (χ0v) is 15.7. The van der Waals surface area contributed by atoms with Crippen molar-refractivity contribution < 1.29 is 13.3 Å². The van der Waals surface area contributed by atoms with Crippen LogP contribution in [-0.2, 0) is 10.0 Å². The molecule has 0 saturated heterocycles. The van der Waals surface area contributed by atoms with Gasteiger partial charge >= 0.3 is 0 Å². The standard InChI is InChI=1S/C19H21N3O4S/c1-2-3-12-20-27(25,26)19-11-10-16(22(23)24)14-18(19)21-13-6-8-15-7-4-5-9-17(15)21/h4-11,13-14,17,20H,2-3,12H2,1H3. The first-order valence-corrected chi connectivity index (χ1v) is 10.2. The Morgan fingerprint density at radius 3 is 2.81 bits per heavy atom. The summed E-state index contributed by atoms with van der Waals surface area (Å²) in [7, 11) is -3.80. The average Bonchev–Trinajstić information content (AvgIpc) is 2.67. The molecule has 0 radical (unpaired) electrons. The molecule has 27 heavy (non-hydrogen) atoms. The van der Waals surface area contributed by atoms with Gasteiger partial charge in [-0.1, -0.05) is 43.7 Å². The molecule has 1 unspecified atom stereocenters. The third kappa shape index (κ3) is 4.01. The van der Waals surface area contributed by atoms with Gasteiger partial charge in [-0.15, -0.1) is 0 Å². The molecule has 142 valence electrons. The zero-order valence-electron chi connectivity index (χ0n) is 14.9. The summed E-state index contributed by atoms with van der Waals surface area (Å²) in [6.45, 7) is 2.29. The number of hydrogen-bond donors (Lipinski definition) is 1. The van der Waals surface area contributed by atoms with Gasteiger partial charge in [0.05, 0.1) is 16.7 Å². The fourth-order valence-corrected chi connectivity index (χ4v) is 4.29. The third-order valence-corrected chi connectivity index (χ3v) is 5.92. The molecule has 1 aliphatic carbocycles. The van der Waals surface area contributed by atoms with Crippen molar-refractivity contribution in [1.82, 2.24) is 4.72 Å². The number of nitro groups is 1. The summed E-state index contributed by atoms with van der Waals surface area (Å²) in [6, 6.07) is 3.62. The fraction of sp³-hybridized carbons (Fsp3) is 0.263. The SMILES string of the molecule is CCCCNS(=O)(=O)c1ccc([N+](=O)[O-])cc1N1C=CC=C2C=CC=CC21. The molecule has 0 fully saturated rings. The summed E-state index contributed by atoms with van der Waals surface area (Å²) >= 11 is 0. The number of non-ortho nitro benzene ring substituents is 1. The predicted molar refractivity (Wildman–Crippen MR) is 105 cm³/mol. The van der Waals surface area contributed by atoms with Crippen LogP contribution in [0.5, 0.6) is 0 Å². The van der Waals surface area contributed by atoms with Crippen LogP contribution in [0.4, 0.5) is 11.4 Å². The van der Waals surface area contributed by atoms with Gasteiger partial charge in [0.1, 0.15) is 4.90 Å². The van der Waals surface area contributed by atoms with Gasteiger partial charge in [-0.05, 0) is 24.1 Å². The molecule has 0 aromatic heterocycles. The van der Waals surface area contributed by atoms with E-state index in [-0.39, 0.29) is 22.3 Å². The Hall–Kier alpha value is -2.71. The second kappa shape index (κ2) is 7.89. The highest BCUT2D eigenvalue weighted by atomic mass is 32.2. The molecule has 0 amide bonds. The summed E-state index contributed by atoms with van der Waals surface area (Å²) in [5.41, 5.74) is 1.10. The fourth-order valence-electron chi connectivity index (χ4n) is 3.03. The molecule has 8 heteroatoms. The van der Waals surface area contributed by atoms with Crippen molar-refractivity contribution in [3.63, 3.8) is 0 Å². The van der Waals surface area contributed by atoms with Crippen LogP contribution < -0.4 is 9.62 Å². The second-order valence-electron chi connectivity index (χ2n) is 6.26. The quantitative estimate of drug-likeness (QED) is 0.440. The van der Waals surface area contributed by atoms with Crippen molar-refractivity contribution >= 4 is 21.4 Å². The maximum atomic E-state index is 12.8. The number of sulfonamides is 1. The number of nitrogens with one attached hydrogen (secondary N) is 1. The van der Waals surface area contributed by atoms with E-state index < -0.39 is 14.9 Å². The minimum atomic E-state index is -3.80. The highest BCUT2D eigenvalue weighted by Gasteiger charge is 2.29. The maximum absolute atomic E-state index is 12.8. The van der Waals surface area contributed by atoms with Crippen LogP contribution in [-0.4, -0.2) is 25.9 Å². The molecule has 0 saturated carbocycles. The number of anilines is 1. The van der Waals surface area contributed by atoms with Gasteiger partial charge in [-0.25, -0.2) is 13.1 Å². The van der Waals surface area contributed by atoms with Gasteiger partial charge in [0.2, 0.25) is 10.0 Å². The van der Waals surface area contributed by atoms with E-state index in [1.165, 1.54) is 18.2 Å². The summed E-state index contributed by atoms with van der Waals surface area (Å²) in [6.07, 6.45) is 14.7. The van der Waals surface area contributed by atoms with E-state index in [0.717, 1.165) is 12.0 Å². The molecule has 1 N–H and O–H groups in total. The van der Waals surface area contributed by atoms with Crippen molar-refractivity contribution in [3.05, 3.63) is 76.5 Å². The molecule has 1 aromatic rings. The Bertz CT molecular complexity index is 961. The first-order valence-electron chi connectivity index (χ1n) is 8.74. The average molecular weight is 387 g/mol. The molecule has 0 spiro atoms. The highest BCUT2D eigenvalue weighted by Crippen LogP contribution is 2.35. The number of hydrogen-bond acceptors (Lipinski definition) is 5. The van der Waals surface area contributed by atoms with Gasteiger partial charge in [-0.3, -0.25) is 10.1 Å². The van der Waals surface area contributed by atoms with Gasteiger partial charge in [0, 0.05) is 24.9 Å². The van der Waals surface area contributed by atoms with E-state index in [2.05, 4.69) is 4.72 Å². The lowest BCUT2D eigenvalue weighted by Gasteiger charge is -2.34.